The number of rotatable bonds is 8. The van der Waals surface area contributed by atoms with Crippen LogP contribution in [-0.4, -0.2) is 53.4 Å². The summed E-state index contributed by atoms with van der Waals surface area (Å²) in [4.78, 5) is 0. The van der Waals surface area contributed by atoms with Gasteiger partial charge in [0.1, 0.15) is 0 Å². The predicted octanol–water partition coefficient (Wildman–Crippen LogP) is 1.58. The van der Waals surface area contributed by atoms with E-state index in [2.05, 4.69) is 8.37 Å². The van der Waals surface area contributed by atoms with Gasteiger partial charge in [-0.15, -0.1) is 0 Å². The van der Waals surface area contributed by atoms with Crippen LogP contribution >= 0.6 is 0 Å². The van der Waals surface area contributed by atoms with Crippen LogP contribution in [0.25, 0.3) is 0 Å². The SMILES string of the molecule is CC(CCOS(=O)(=O)CC(F)(F)F)OS(=O)(=O)CC(F)(F)F. The largest absolute Gasteiger partial charge is 0.405 e. The van der Waals surface area contributed by atoms with E-state index >= 15 is 0 Å². The molecule has 1 atom stereocenters. The predicted molar refractivity (Wildman–Crippen MR) is 60.8 cm³/mol. The van der Waals surface area contributed by atoms with Crippen molar-refractivity contribution in [1.29, 1.82) is 0 Å². The fourth-order valence-electron chi connectivity index (χ4n) is 1.12. The van der Waals surface area contributed by atoms with Gasteiger partial charge in [-0.05, 0) is 13.3 Å². The second-order valence-corrected chi connectivity index (χ2v) is 7.39. The lowest BCUT2D eigenvalue weighted by molar-refractivity contribution is -0.108. The van der Waals surface area contributed by atoms with Gasteiger partial charge in [-0.2, -0.15) is 43.2 Å². The molecule has 0 aliphatic carbocycles. The van der Waals surface area contributed by atoms with E-state index in [-0.39, 0.29) is 0 Å². The van der Waals surface area contributed by atoms with E-state index in [9.17, 15) is 43.2 Å². The highest BCUT2D eigenvalue weighted by molar-refractivity contribution is 7.87. The molecule has 0 radical (unpaired) electrons. The molecule has 134 valence electrons. The van der Waals surface area contributed by atoms with Crippen LogP contribution in [0.4, 0.5) is 26.3 Å². The Morgan fingerprint density at radius 2 is 1.27 bits per heavy atom. The topological polar surface area (TPSA) is 86.7 Å². The third-order valence-corrected chi connectivity index (χ3v) is 4.29. The Kier molecular flexibility index (Phi) is 7.11. The summed E-state index contributed by atoms with van der Waals surface area (Å²) in [5.74, 6) is -4.47. The summed E-state index contributed by atoms with van der Waals surface area (Å²) in [6, 6.07) is 0. The maximum absolute atomic E-state index is 11.9. The maximum atomic E-state index is 11.9. The van der Waals surface area contributed by atoms with Crippen molar-refractivity contribution in [2.75, 3.05) is 18.1 Å². The molecule has 14 heteroatoms. The van der Waals surface area contributed by atoms with Crippen molar-refractivity contribution >= 4 is 20.2 Å². The van der Waals surface area contributed by atoms with Gasteiger partial charge in [0.2, 0.25) is 0 Å². The van der Waals surface area contributed by atoms with Gasteiger partial charge >= 0.3 is 12.4 Å². The number of alkyl halides is 6. The van der Waals surface area contributed by atoms with Crippen molar-refractivity contribution in [3.8, 4) is 0 Å². The standard InChI is InChI=1S/C8H12F6O6S2/c1-6(20-22(17,18)5-8(12,13)14)2-3-19-21(15,16)4-7(9,10)11/h6H,2-5H2,1H3. The molecule has 0 fully saturated rings. The van der Waals surface area contributed by atoms with Gasteiger partial charge in [-0.3, -0.25) is 8.37 Å². The fraction of sp³-hybridized carbons (Fsp3) is 1.00. The van der Waals surface area contributed by atoms with Crippen molar-refractivity contribution in [2.24, 2.45) is 0 Å². The summed E-state index contributed by atoms with van der Waals surface area (Å²) >= 11 is 0. The lowest BCUT2D eigenvalue weighted by Gasteiger charge is -2.14. The molecule has 0 heterocycles. The second kappa shape index (κ2) is 7.31. The summed E-state index contributed by atoms with van der Waals surface area (Å²) in [5.41, 5.74) is 0. The second-order valence-electron chi connectivity index (χ2n) is 4.15. The zero-order valence-electron chi connectivity index (χ0n) is 10.9. The number of hydrogen-bond donors (Lipinski definition) is 0. The quantitative estimate of drug-likeness (QED) is 0.468. The van der Waals surface area contributed by atoms with Crippen molar-refractivity contribution in [1.82, 2.24) is 0 Å². The van der Waals surface area contributed by atoms with Crippen LogP contribution in [0.2, 0.25) is 0 Å². The molecule has 0 rings (SSSR count). The van der Waals surface area contributed by atoms with Crippen LogP contribution in [0.15, 0.2) is 0 Å². The minimum absolute atomic E-state index is 0.547. The first-order valence-corrected chi connectivity index (χ1v) is 8.58. The molecule has 0 aromatic rings. The highest BCUT2D eigenvalue weighted by atomic mass is 32.2. The van der Waals surface area contributed by atoms with Crippen LogP contribution in [0.5, 0.6) is 0 Å². The van der Waals surface area contributed by atoms with Crippen molar-refractivity contribution < 1.29 is 51.5 Å². The lowest BCUT2D eigenvalue weighted by atomic mass is 10.3. The minimum atomic E-state index is -5.02. The van der Waals surface area contributed by atoms with Crippen molar-refractivity contribution in [3.63, 3.8) is 0 Å². The number of hydrogen-bond acceptors (Lipinski definition) is 6. The summed E-state index contributed by atoms with van der Waals surface area (Å²) in [6.45, 7) is 0.120. The highest BCUT2D eigenvalue weighted by Crippen LogP contribution is 2.20. The van der Waals surface area contributed by atoms with E-state index in [4.69, 9.17) is 0 Å². The fourth-order valence-corrected chi connectivity index (χ4v) is 3.02. The molecule has 0 N–H and O–H groups in total. The van der Waals surface area contributed by atoms with Crippen LogP contribution in [-0.2, 0) is 28.6 Å². The Bertz CT molecular complexity index is 549. The molecule has 6 nitrogen and oxygen atoms in total. The molecule has 0 aromatic heterocycles. The highest BCUT2D eigenvalue weighted by Gasteiger charge is 2.37. The van der Waals surface area contributed by atoms with E-state index < -0.39 is 63.2 Å². The first kappa shape index (κ1) is 21.4. The lowest BCUT2D eigenvalue weighted by Crippen LogP contribution is -2.28. The van der Waals surface area contributed by atoms with Gasteiger partial charge in [0.25, 0.3) is 20.2 Å². The summed E-state index contributed by atoms with van der Waals surface area (Å²) in [5, 5.41) is 0. The molecule has 0 amide bonds. The maximum Gasteiger partial charge on any atom is 0.405 e. The Hall–Kier alpha value is -0.600. The third-order valence-electron chi connectivity index (χ3n) is 1.78. The zero-order valence-corrected chi connectivity index (χ0v) is 12.6. The van der Waals surface area contributed by atoms with Crippen LogP contribution in [0.1, 0.15) is 13.3 Å². The Labute approximate surface area is 122 Å². The minimum Gasteiger partial charge on any atom is -0.270 e. The van der Waals surface area contributed by atoms with Gasteiger partial charge in [0, 0.05) is 0 Å². The van der Waals surface area contributed by atoms with Crippen LogP contribution < -0.4 is 0 Å². The van der Waals surface area contributed by atoms with Gasteiger partial charge in [-0.25, -0.2) is 0 Å². The van der Waals surface area contributed by atoms with Crippen LogP contribution in [0.3, 0.4) is 0 Å². The van der Waals surface area contributed by atoms with Gasteiger partial charge in [-0.1, -0.05) is 0 Å². The summed E-state index contributed by atoms with van der Waals surface area (Å²) < 4.78 is 123. The van der Waals surface area contributed by atoms with E-state index in [1.54, 1.807) is 0 Å². The Morgan fingerprint density at radius 3 is 1.68 bits per heavy atom. The molecular formula is C8H12F6O6S2. The molecule has 22 heavy (non-hydrogen) atoms. The van der Waals surface area contributed by atoms with Gasteiger partial charge in [0.05, 0.1) is 12.7 Å². The molecule has 0 aliphatic heterocycles. The first-order valence-electron chi connectivity index (χ1n) is 5.43. The average molecular weight is 382 g/mol. The molecule has 0 bridgehead atoms. The zero-order chi connectivity index (χ0) is 17.8. The van der Waals surface area contributed by atoms with Gasteiger partial charge in [0.15, 0.2) is 11.5 Å². The molecule has 0 saturated carbocycles. The van der Waals surface area contributed by atoms with Crippen molar-refractivity contribution in [2.45, 2.75) is 31.8 Å². The Morgan fingerprint density at radius 1 is 0.864 bits per heavy atom. The molecule has 0 aliphatic rings. The van der Waals surface area contributed by atoms with Crippen molar-refractivity contribution in [3.05, 3.63) is 0 Å². The smallest absolute Gasteiger partial charge is 0.270 e. The molecule has 0 saturated heterocycles. The monoisotopic (exact) mass is 382 g/mol. The van der Waals surface area contributed by atoms with Gasteiger partial charge < -0.3 is 0 Å². The molecular weight excluding hydrogens is 370 g/mol. The van der Waals surface area contributed by atoms with E-state index in [0.29, 0.717) is 0 Å². The summed E-state index contributed by atoms with van der Waals surface area (Å²) in [7, 11) is -9.86. The molecule has 0 aromatic carbocycles. The third kappa shape index (κ3) is 12.0. The van der Waals surface area contributed by atoms with E-state index in [1.165, 1.54) is 0 Å². The molecule has 0 spiro atoms. The molecule has 1 unspecified atom stereocenters. The average Bonchev–Trinajstić information content (AvgIpc) is 2.06. The normalized spacial score (nSPS) is 15.8. The van der Waals surface area contributed by atoms with E-state index in [1.807, 2.05) is 0 Å². The van der Waals surface area contributed by atoms with Crippen LogP contribution in [0, 0.1) is 0 Å². The number of halogens is 6. The summed E-state index contributed by atoms with van der Waals surface area (Å²) in [6.07, 6.45) is -12.0. The Balaban J connectivity index is 4.34. The van der Waals surface area contributed by atoms with E-state index in [0.717, 1.165) is 6.92 Å². The first-order chi connectivity index (χ1) is 9.52.